The molecule has 32 heavy (non-hydrogen) atoms. The van der Waals surface area contributed by atoms with Crippen LogP contribution in [-0.4, -0.2) is 18.4 Å². The number of carbonyl (C=O) groups is 2. The highest BCUT2D eigenvalue weighted by Gasteiger charge is 2.08. The van der Waals surface area contributed by atoms with Crippen molar-refractivity contribution >= 4 is 17.5 Å². The zero-order chi connectivity index (χ0) is 22.2. The van der Waals surface area contributed by atoms with E-state index in [4.69, 9.17) is 9.15 Å². The summed E-state index contributed by atoms with van der Waals surface area (Å²) < 4.78 is 10.8. The minimum absolute atomic E-state index is 0.115. The molecule has 0 saturated heterocycles. The van der Waals surface area contributed by atoms with Crippen LogP contribution in [0.5, 0.6) is 5.75 Å². The second kappa shape index (κ2) is 10.1. The molecular formula is C26H22N2O4. The average Bonchev–Trinajstić information content (AvgIpc) is 3.36. The third-order valence-corrected chi connectivity index (χ3v) is 4.77. The van der Waals surface area contributed by atoms with Crippen molar-refractivity contribution in [1.29, 1.82) is 0 Å². The fourth-order valence-corrected chi connectivity index (χ4v) is 3.11. The van der Waals surface area contributed by atoms with Gasteiger partial charge in [0.2, 0.25) is 0 Å². The van der Waals surface area contributed by atoms with Crippen LogP contribution >= 0.6 is 0 Å². The van der Waals surface area contributed by atoms with Gasteiger partial charge in [-0.1, -0.05) is 42.5 Å². The van der Waals surface area contributed by atoms with Crippen molar-refractivity contribution < 1.29 is 18.7 Å². The molecule has 1 aromatic heterocycles. The lowest BCUT2D eigenvalue weighted by Crippen LogP contribution is -2.23. The Morgan fingerprint density at radius 3 is 2.19 bits per heavy atom. The Balaban J connectivity index is 1.24. The number of amides is 2. The lowest BCUT2D eigenvalue weighted by molar-refractivity contribution is -0.118. The predicted molar refractivity (Wildman–Crippen MR) is 122 cm³/mol. The first-order valence-corrected chi connectivity index (χ1v) is 10.2. The van der Waals surface area contributed by atoms with E-state index in [1.807, 2.05) is 54.6 Å². The van der Waals surface area contributed by atoms with Gasteiger partial charge in [0.25, 0.3) is 11.8 Å². The number of carbonyl (C=O) groups excluding carboxylic acids is 2. The van der Waals surface area contributed by atoms with Crippen LogP contribution in [0.3, 0.4) is 0 Å². The maximum Gasteiger partial charge on any atom is 0.262 e. The van der Waals surface area contributed by atoms with Gasteiger partial charge in [-0.05, 0) is 59.7 Å². The third-order valence-electron chi connectivity index (χ3n) is 4.77. The summed E-state index contributed by atoms with van der Waals surface area (Å²) in [5, 5.41) is 5.53. The summed E-state index contributed by atoms with van der Waals surface area (Å²) in [5.41, 5.74) is 3.27. The van der Waals surface area contributed by atoms with Crippen LogP contribution < -0.4 is 15.4 Å². The Bertz CT molecular complexity index is 1150. The van der Waals surface area contributed by atoms with Crippen molar-refractivity contribution in [2.45, 2.75) is 6.54 Å². The molecule has 0 aliphatic rings. The molecule has 6 heteroatoms. The average molecular weight is 426 g/mol. The molecule has 0 saturated carbocycles. The lowest BCUT2D eigenvalue weighted by Gasteiger charge is -2.09. The van der Waals surface area contributed by atoms with E-state index in [2.05, 4.69) is 10.6 Å². The summed E-state index contributed by atoms with van der Waals surface area (Å²) in [6.07, 6.45) is 1.56. The van der Waals surface area contributed by atoms with Gasteiger partial charge in [0.15, 0.2) is 6.61 Å². The van der Waals surface area contributed by atoms with Gasteiger partial charge in [0.1, 0.15) is 11.5 Å². The zero-order valence-corrected chi connectivity index (χ0v) is 17.3. The summed E-state index contributed by atoms with van der Waals surface area (Å²) in [5.74, 6) is 0.786. The summed E-state index contributed by atoms with van der Waals surface area (Å²) >= 11 is 0. The number of nitrogens with one attached hydrogen (secondary N) is 2. The molecule has 0 unspecified atom stereocenters. The van der Waals surface area contributed by atoms with Crippen LogP contribution in [0, 0.1) is 0 Å². The molecule has 0 spiro atoms. The van der Waals surface area contributed by atoms with Gasteiger partial charge in [-0.15, -0.1) is 0 Å². The molecule has 6 nitrogen and oxygen atoms in total. The molecule has 3 aromatic carbocycles. The Labute approximate surface area is 185 Å². The molecule has 0 bridgehead atoms. The number of anilines is 1. The molecule has 4 rings (SSSR count). The highest BCUT2D eigenvalue weighted by molar-refractivity contribution is 5.96. The molecule has 0 fully saturated rings. The zero-order valence-electron chi connectivity index (χ0n) is 17.3. The lowest BCUT2D eigenvalue weighted by atomic mass is 10.1. The SMILES string of the molecule is O=C(COc1ccc(-c2ccccc2)cc1)Nc1ccc(C(=O)NCc2ccco2)cc1. The first-order chi connectivity index (χ1) is 15.7. The maximum atomic E-state index is 12.2. The summed E-state index contributed by atoms with van der Waals surface area (Å²) in [6, 6.07) is 27.8. The van der Waals surface area contributed by atoms with Gasteiger partial charge in [0.05, 0.1) is 12.8 Å². The predicted octanol–water partition coefficient (Wildman–Crippen LogP) is 4.89. The van der Waals surface area contributed by atoms with E-state index >= 15 is 0 Å². The highest BCUT2D eigenvalue weighted by Crippen LogP contribution is 2.22. The fourth-order valence-electron chi connectivity index (χ4n) is 3.11. The fraction of sp³-hybridized carbons (Fsp3) is 0.0769. The third kappa shape index (κ3) is 5.64. The van der Waals surface area contributed by atoms with E-state index in [9.17, 15) is 9.59 Å². The molecule has 160 valence electrons. The van der Waals surface area contributed by atoms with Gasteiger partial charge in [0, 0.05) is 11.3 Å². The monoisotopic (exact) mass is 426 g/mol. The van der Waals surface area contributed by atoms with Crippen LogP contribution in [0.1, 0.15) is 16.1 Å². The van der Waals surface area contributed by atoms with E-state index in [1.54, 1.807) is 42.7 Å². The molecule has 4 aromatic rings. The first-order valence-electron chi connectivity index (χ1n) is 10.2. The van der Waals surface area contributed by atoms with Gasteiger partial charge in [-0.3, -0.25) is 9.59 Å². The van der Waals surface area contributed by atoms with Crippen LogP contribution in [0.15, 0.2) is 102 Å². The van der Waals surface area contributed by atoms with Gasteiger partial charge in [-0.2, -0.15) is 0 Å². The molecule has 0 atom stereocenters. The van der Waals surface area contributed by atoms with Crippen LogP contribution in [0.4, 0.5) is 5.69 Å². The number of hydrogen-bond donors (Lipinski definition) is 2. The van der Waals surface area contributed by atoms with Crippen LogP contribution in [0.25, 0.3) is 11.1 Å². The van der Waals surface area contributed by atoms with Crippen molar-refractivity contribution in [3.8, 4) is 16.9 Å². The topological polar surface area (TPSA) is 80.6 Å². The quantitative estimate of drug-likeness (QED) is 0.420. The van der Waals surface area contributed by atoms with Crippen molar-refractivity contribution in [3.05, 3.63) is 109 Å². The molecule has 0 aliphatic heterocycles. The number of hydrogen-bond acceptors (Lipinski definition) is 4. The first kappa shape index (κ1) is 20.9. The number of furan rings is 1. The normalized spacial score (nSPS) is 10.4. The highest BCUT2D eigenvalue weighted by atomic mass is 16.5. The van der Waals surface area contributed by atoms with Crippen LogP contribution in [-0.2, 0) is 11.3 Å². The summed E-state index contributed by atoms with van der Waals surface area (Å²) in [4.78, 5) is 24.4. The van der Waals surface area contributed by atoms with E-state index in [-0.39, 0.29) is 18.4 Å². The van der Waals surface area contributed by atoms with Crippen molar-refractivity contribution in [2.24, 2.45) is 0 Å². The Morgan fingerprint density at radius 1 is 0.781 bits per heavy atom. The number of benzene rings is 3. The molecular weight excluding hydrogens is 404 g/mol. The molecule has 2 N–H and O–H groups in total. The van der Waals surface area contributed by atoms with E-state index < -0.39 is 0 Å². The van der Waals surface area contributed by atoms with E-state index in [1.165, 1.54) is 0 Å². The van der Waals surface area contributed by atoms with E-state index in [0.717, 1.165) is 11.1 Å². The van der Waals surface area contributed by atoms with Gasteiger partial charge >= 0.3 is 0 Å². The molecule has 0 aliphatic carbocycles. The minimum atomic E-state index is -0.285. The Kier molecular flexibility index (Phi) is 6.63. The Hall–Kier alpha value is -4.32. The summed E-state index contributed by atoms with van der Waals surface area (Å²) in [7, 11) is 0. The van der Waals surface area contributed by atoms with Gasteiger partial charge < -0.3 is 19.8 Å². The van der Waals surface area contributed by atoms with Crippen molar-refractivity contribution in [3.63, 3.8) is 0 Å². The maximum absolute atomic E-state index is 12.2. The standard InChI is InChI=1S/C26H22N2O4/c29-25(18-32-23-14-10-20(11-15-23)19-5-2-1-3-6-19)28-22-12-8-21(9-13-22)26(30)27-17-24-7-4-16-31-24/h1-16H,17-18H2,(H,27,30)(H,28,29). The van der Waals surface area contributed by atoms with Crippen molar-refractivity contribution in [1.82, 2.24) is 5.32 Å². The van der Waals surface area contributed by atoms with E-state index in [0.29, 0.717) is 29.3 Å². The van der Waals surface area contributed by atoms with Crippen molar-refractivity contribution in [2.75, 3.05) is 11.9 Å². The van der Waals surface area contributed by atoms with Gasteiger partial charge in [-0.25, -0.2) is 0 Å². The second-order valence-electron chi connectivity index (χ2n) is 7.07. The minimum Gasteiger partial charge on any atom is -0.484 e. The number of ether oxygens (including phenoxy) is 1. The molecule has 2 amide bonds. The largest absolute Gasteiger partial charge is 0.484 e. The number of rotatable bonds is 8. The van der Waals surface area contributed by atoms with Crippen LogP contribution in [0.2, 0.25) is 0 Å². The smallest absolute Gasteiger partial charge is 0.262 e. The molecule has 1 heterocycles. The molecule has 0 radical (unpaired) electrons. The second-order valence-corrected chi connectivity index (χ2v) is 7.07. The summed E-state index contributed by atoms with van der Waals surface area (Å²) in [6.45, 7) is 0.198. The Morgan fingerprint density at radius 2 is 1.50 bits per heavy atom.